The zero-order chi connectivity index (χ0) is 8.32. The van der Waals surface area contributed by atoms with E-state index in [1.54, 1.807) is 0 Å². The van der Waals surface area contributed by atoms with Crippen LogP contribution in [-0.4, -0.2) is 31.9 Å². The summed E-state index contributed by atoms with van der Waals surface area (Å²) in [7, 11) is 0. The van der Waals surface area contributed by atoms with E-state index in [1.165, 1.54) is 0 Å². The number of halogens is 3. The first-order valence-electron chi connectivity index (χ1n) is 3.59. The first-order chi connectivity index (χ1) is 5.08. The van der Waals surface area contributed by atoms with Gasteiger partial charge in [0.1, 0.15) is 0 Å². The monoisotopic (exact) mass is 168 g/mol. The van der Waals surface area contributed by atoms with Crippen LogP contribution in [0.15, 0.2) is 0 Å². The fourth-order valence-electron chi connectivity index (χ4n) is 1.09. The average molecular weight is 168 g/mol. The highest BCUT2D eigenvalue weighted by molar-refractivity contribution is 4.77. The number of alkyl halides is 3. The lowest BCUT2D eigenvalue weighted by Gasteiger charge is -2.12. The lowest BCUT2D eigenvalue weighted by molar-refractivity contribution is -0.125. The molecule has 0 amide bonds. The van der Waals surface area contributed by atoms with Gasteiger partial charge in [-0.25, -0.2) is 0 Å². The van der Waals surface area contributed by atoms with Crippen LogP contribution >= 0.6 is 0 Å². The molecule has 1 aliphatic rings. The van der Waals surface area contributed by atoms with Gasteiger partial charge in [0.05, 0.1) is 6.54 Å². The van der Waals surface area contributed by atoms with Crippen molar-refractivity contribution in [2.45, 2.75) is 18.6 Å². The second kappa shape index (κ2) is 3.40. The molecule has 1 rings (SSSR count). The molecule has 2 N–H and O–H groups in total. The smallest absolute Gasteiger partial charge is 0.315 e. The van der Waals surface area contributed by atoms with Gasteiger partial charge in [0, 0.05) is 12.6 Å². The van der Waals surface area contributed by atoms with Crippen molar-refractivity contribution in [1.82, 2.24) is 10.6 Å². The van der Waals surface area contributed by atoms with Gasteiger partial charge in [0.25, 0.3) is 0 Å². The molecule has 0 saturated carbocycles. The van der Waals surface area contributed by atoms with Gasteiger partial charge in [0.2, 0.25) is 0 Å². The van der Waals surface area contributed by atoms with Crippen molar-refractivity contribution in [2.24, 2.45) is 0 Å². The first-order valence-corrected chi connectivity index (χ1v) is 3.59. The number of rotatable bonds is 2. The summed E-state index contributed by atoms with van der Waals surface area (Å²) in [6.07, 6.45) is -3.29. The summed E-state index contributed by atoms with van der Waals surface area (Å²) >= 11 is 0. The summed E-state index contributed by atoms with van der Waals surface area (Å²) in [5.74, 6) is 0. The van der Waals surface area contributed by atoms with Crippen LogP contribution in [0.1, 0.15) is 6.42 Å². The Morgan fingerprint density at radius 1 is 1.45 bits per heavy atom. The largest absolute Gasteiger partial charge is 0.401 e. The van der Waals surface area contributed by atoms with Crippen LogP contribution in [0, 0.1) is 0 Å². The third-order valence-electron chi connectivity index (χ3n) is 1.65. The molecule has 2 nitrogen and oxygen atoms in total. The molecule has 0 aromatic heterocycles. The lowest BCUT2D eigenvalue weighted by atomic mass is 10.2. The van der Waals surface area contributed by atoms with Crippen LogP contribution in [0.5, 0.6) is 0 Å². The summed E-state index contributed by atoms with van der Waals surface area (Å²) in [4.78, 5) is 0. The normalized spacial score (nSPS) is 25.9. The number of nitrogens with one attached hydrogen (secondary N) is 2. The molecule has 0 radical (unpaired) electrons. The molecule has 0 aromatic carbocycles. The van der Waals surface area contributed by atoms with E-state index >= 15 is 0 Å². The molecule has 1 heterocycles. The minimum Gasteiger partial charge on any atom is -0.315 e. The van der Waals surface area contributed by atoms with Crippen LogP contribution in [-0.2, 0) is 0 Å². The Kier molecular flexibility index (Phi) is 2.72. The van der Waals surface area contributed by atoms with Gasteiger partial charge < -0.3 is 10.6 Å². The van der Waals surface area contributed by atoms with Crippen molar-refractivity contribution < 1.29 is 13.2 Å². The van der Waals surface area contributed by atoms with Crippen molar-refractivity contribution in [3.05, 3.63) is 0 Å². The standard InChI is InChI=1S/C6H11F3N2/c7-6(8,9)4-11-5-1-2-10-3-5/h5,10-11H,1-4H2. The van der Waals surface area contributed by atoms with E-state index in [1.807, 2.05) is 0 Å². The van der Waals surface area contributed by atoms with Crippen molar-refractivity contribution in [1.29, 1.82) is 0 Å². The van der Waals surface area contributed by atoms with Crippen molar-refractivity contribution in [2.75, 3.05) is 19.6 Å². The Labute approximate surface area is 63.2 Å². The molecule has 11 heavy (non-hydrogen) atoms. The number of hydrogen-bond donors (Lipinski definition) is 2. The van der Waals surface area contributed by atoms with Gasteiger partial charge >= 0.3 is 6.18 Å². The van der Waals surface area contributed by atoms with Gasteiger partial charge in [-0.05, 0) is 13.0 Å². The third-order valence-corrected chi connectivity index (χ3v) is 1.65. The fraction of sp³-hybridized carbons (Fsp3) is 1.00. The molecule has 0 spiro atoms. The molecule has 66 valence electrons. The maximum absolute atomic E-state index is 11.6. The molecular formula is C6H11F3N2. The molecule has 1 fully saturated rings. The Hall–Kier alpha value is -0.290. The van der Waals surface area contributed by atoms with Gasteiger partial charge in [-0.15, -0.1) is 0 Å². The molecule has 1 aliphatic heterocycles. The molecular weight excluding hydrogens is 157 g/mol. The molecule has 5 heteroatoms. The van der Waals surface area contributed by atoms with E-state index in [-0.39, 0.29) is 6.04 Å². The highest BCUT2D eigenvalue weighted by atomic mass is 19.4. The van der Waals surface area contributed by atoms with Gasteiger partial charge in [-0.3, -0.25) is 0 Å². The summed E-state index contributed by atoms with van der Waals surface area (Å²) < 4.78 is 34.9. The quantitative estimate of drug-likeness (QED) is 0.627. The zero-order valence-corrected chi connectivity index (χ0v) is 6.04. The lowest BCUT2D eigenvalue weighted by Crippen LogP contribution is -2.38. The summed E-state index contributed by atoms with van der Waals surface area (Å²) in [6, 6.07) is -0.00313. The summed E-state index contributed by atoms with van der Waals surface area (Å²) in [5.41, 5.74) is 0. The van der Waals surface area contributed by atoms with Crippen LogP contribution in [0.3, 0.4) is 0 Å². The Morgan fingerprint density at radius 3 is 2.64 bits per heavy atom. The SMILES string of the molecule is FC(F)(F)CNC1CCNC1. The van der Waals surface area contributed by atoms with Crippen LogP contribution in [0.2, 0.25) is 0 Å². The van der Waals surface area contributed by atoms with Gasteiger partial charge in [-0.1, -0.05) is 0 Å². The molecule has 0 aromatic rings. The minimum atomic E-state index is -4.08. The highest BCUT2D eigenvalue weighted by Gasteiger charge is 2.28. The maximum atomic E-state index is 11.6. The fourth-order valence-corrected chi connectivity index (χ4v) is 1.09. The molecule has 0 bridgehead atoms. The van der Waals surface area contributed by atoms with E-state index in [2.05, 4.69) is 10.6 Å². The highest BCUT2D eigenvalue weighted by Crippen LogP contribution is 2.13. The van der Waals surface area contributed by atoms with Crippen molar-refractivity contribution in [3.8, 4) is 0 Å². The summed E-state index contributed by atoms with van der Waals surface area (Å²) in [5, 5.41) is 5.41. The van der Waals surface area contributed by atoms with Gasteiger partial charge in [-0.2, -0.15) is 13.2 Å². The predicted molar refractivity (Wildman–Crippen MR) is 35.3 cm³/mol. The van der Waals surface area contributed by atoms with Crippen LogP contribution in [0.4, 0.5) is 13.2 Å². The Morgan fingerprint density at radius 2 is 2.18 bits per heavy atom. The van der Waals surface area contributed by atoms with E-state index in [0.717, 1.165) is 13.0 Å². The molecule has 1 saturated heterocycles. The number of hydrogen-bond acceptors (Lipinski definition) is 2. The second-order valence-corrected chi connectivity index (χ2v) is 2.69. The van der Waals surface area contributed by atoms with E-state index in [9.17, 15) is 13.2 Å². The van der Waals surface area contributed by atoms with Crippen molar-refractivity contribution in [3.63, 3.8) is 0 Å². The molecule has 1 unspecified atom stereocenters. The zero-order valence-electron chi connectivity index (χ0n) is 6.04. The minimum absolute atomic E-state index is 0.00313. The topological polar surface area (TPSA) is 24.1 Å². The Balaban J connectivity index is 2.11. The average Bonchev–Trinajstić information content (AvgIpc) is 2.32. The van der Waals surface area contributed by atoms with E-state index in [4.69, 9.17) is 0 Å². The third kappa shape index (κ3) is 3.57. The van der Waals surface area contributed by atoms with E-state index in [0.29, 0.717) is 6.54 Å². The van der Waals surface area contributed by atoms with Gasteiger partial charge in [0.15, 0.2) is 0 Å². The first kappa shape index (κ1) is 8.80. The van der Waals surface area contributed by atoms with E-state index < -0.39 is 12.7 Å². The van der Waals surface area contributed by atoms with Crippen LogP contribution < -0.4 is 10.6 Å². The van der Waals surface area contributed by atoms with Crippen molar-refractivity contribution >= 4 is 0 Å². The molecule has 0 aliphatic carbocycles. The molecule has 1 atom stereocenters. The summed E-state index contributed by atoms with van der Waals surface area (Å²) in [6.45, 7) is 0.588. The predicted octanol–water partition coefficient (Wildman–Crippen LogP) is 0.500. The van der Waals surface area contributed by atoms with Crippen LogP contribution in [0.25, 0.3) is 0 Å². The Bertz CT molecular complexity index is 117. The maximum Gasteiger partial charge on any atom is 0.401 e. The second-order valence-electron chi connectivity index (χ2n) is 2.69.